The van der Waals surface area contributed by atoms with Crippen molar-refractivity contribution in [3.8, 4) is 11.3 Å². The third-order valence-electron chi connectivity index (χ3n) is 2.25. The molecule has 0 aliphatic rings. The van der Waals surface area contributed by atoms with Crippen LogP contribution in [0.25, 0.3) is 11.3 Å². The van der Waals surface area contributed by atoms with Gasteiger partial charge in [-0.2, -0.15) is 5.10 Å². The normalized spacial score (nSPS) is 10.8. The average Bonchev–Trinajstić information content (AvgIpc) is 2.85. The second kappa shape index (κ2) is 4.31. The Hall–Kier alpha value is -1.55. The van der Waals surface area contributed by atoms with E-state index in [9.17, 15) is 0 Å². The fourth-order valence-electron chi connectivity index (χ4n) is 1.47. The van der Waals surface area contributed by atoms with Gasteiger partial charge in [0.1, 0.15) is 11.5 Å². The number of hydrogen-bond donors (Lipinski definition) is 1. The summed E-state index contributed by atoms with van der Waals surface area (Å²) in [6, 6.07) is 3.96. The quantitative estimate of drug-likeness (QED) is 0.828. The number of rotatable bonds is 4. The molecule has 0 bridgehead atoms. The average molecular weight is 205 g/mol. The van der Waals surface area contributed by atoms with Gasteiger partial charge >= 0.3 is 0 Å². The summed E-state index contributed by atoms with van der Waals surface area (Å²) < 4.78 is 7.54. The van der Waals surface area contributed by atoms with E-state index in [4.69, 9.17) is 4.42 Å². The topological polar surface area (TPSA) is 43.0 Å². The first kappa shape index (κ1) is 9.98. The highest BCUT2D eigenvalue weighted by atomic mass is 16.3. The van der Waals surface area contributed by atoms with Gasteiger partial charge in [0.05, 0.1) is 18.3 Å². The van der Waals surface area contributed by atoms with Crippen LogP contribution in [0.15, 0.2) is 28.9 Å². The third-order valence-corrected chi connectivity index (χ3v) is 2.25. The van der Waals surface area contributed by atoms with Crippen LogP contribution < -0.4 is 5.32 Å². The van der Waals surface area contributed by atoms with Crippen molar-refractivity contribution in [3.05, 3.63) is 30.3 Å². The van der Waals surface area contributed by atoms with E-state index >= 15 is 0 Å². The molecule has 0 saturated carbocycles. The predicted octanol–water partition coefficient (Wildman–Crippen LogP) is 1.88. The second-order valence-corrected chi connectivity index (χ2v) is 3.38. The zero-order valence-corrected chi connectivity index (χ0v) is 9.03. The van der Waals surface area contributed by atoms with Gasteiger partial charge in [-0.25, -0.2) is 0 Å². The summed E-state index contributed by atoms with van der Waals surface area (Å²) in [4.78, 5) is 0. The first-order valence-corrected chi connectivity index (χ1v) is 5.09. The number of nitrogens with zero attached hydrogens (tertiary/aromatic N) is 2. The van der Waals surface area contributed by atoms with Crippen LogP contribution in [0.1, 0.15) is 12.7 Å². The lowest BCUT2D eigenvalue weighted by Crippen LogP contribution is -2.03. The molecule has 0 fully saturated rings. The molecule has 0 amide bonds. The van der Waals surface area contributed by atoms with Gasteiger partial charge in [0.2, 0.25) is 0 Å². The first-order chi connectivity index (χ1) is 7.33. The van der Waals surface area contributed by atoms with Crippen LogP contribution in [0.3, 0.4) is 0 Å². The van der Waals surface area contributed by atoms with Crippen LogP contribution in [0, 0.1) is 0 Å². The van der Waals surface area contributed by atoms with Crippen LogP contribution in [0.4, 0.5) is 0 Å². The summed E-state index contributed by atoms with van der Waals surface area (Å²) in [5.41, 5.74) is 1.03. The molecule has 0 aromatic carbocycles. The lowest BCUT2D eigenvalue weighted by Gasteiger charge is -1.93. The molecule has 0 saturated heterocycles. The van der Waals surface area contributed by atoms with Gasteiger partial charge in [-0.1, -0.05) is 0 Å². The zero-order chi connectivity index (χ0) is 10.7. The van der Waals surface area contributed by atoms with Crippen LogP contribution in [0.2, 0.25) is 0 Å². The molecule has 2 aromatic rings. The van der Waals surface area contributed by atoms with Crippen molar-refractivity contribution in [1.29, 1.82) is 0 Å². The van der Waals surface area contributed by atoms with Crippen molar-refractivity contribution in [3.63, 3.8) is 0 Å². The molecule has 4 heteroatoms. The molecular weight excluding hydrogens is 190 g/mol. The van der Waals surface area contributed by atoms with Crippen LogP contribution >= 0.6 is 0 Å². The summed E-state index contributed by atoms with van der Waals surface area (Å²) in [5, 5.41) is 7.26. The third kappa shape index (κ3) is 2.10. The molecule has 0 aliphatic carbocycles. The summed E-state index contributed by atoms with van der Waals surface area (Å²) in [6.07, 6.45) is 3.81. The second-order valence-electron chi connectivity index (χ2n) is 3.38. The molecule has 2 heterocycles. The highest BCUT2D eigenvalue weighted by Gasteiger charge is 2.06. The van der Waals surface area contributed by atoms with E-state index in [2.05, 4.69) is 17.3 Å². The van der Waals surface area contributed by atoms with Crippen LogP contribution in [-0.2, 0) is 13.1 Å². The zero-order valence-electron chi connectivity index (χ0n) is 9.03. The minimum Gasteiger partial charge on any atom is -0.460 e. The highest BCUT2D eigenvalue weighted by molar-refractivity contribution is 5.55. The molecule has 15 heavy (non-hydrogen) atoms. The van der Waals surface area contributed by atoms with E-state index < -0.39 is 0 Å². The van der Waals surface area contributed by atoms with Gasteiger partial charge in [-0.3, -0.25) is 4.68 Å². The van der Waals surface area contributed by atoms with Crippen molar-refractivity contribution < 1.29 is 4.42 Å². The molecule has 0 aliphatic heterocycles. The minimum absolute atomic E-state index is 0.752. The summed E-state index contributed by atoms with van der Waals surface area (Å²) in [5.74, 6) is 1.82. The summed E-state index contributed by atoms with van der Waals surface area (Å²) in [7, 11) is 1.90. The van der Waals surface area contributed by atoms with Crippen molar-refractivity contribution in [2.45, 2.75) is 20.0 Å². The van der Waals surface area contributed by atoms with E-state index in [0.29, 0.717) is 0 Å². The molecular formula is C11H15N3O. The molecule has 4 nitrogen and oxygen atoms in total. The number of aromatic nitrogens is 2. The fourth-order valence-corrected chi connectivity index (χ4v) is 1.47. The molecule has 80 valence electrons. The van der Waals surface area contributed by atoms with Gasteiger partial charge < -0.3 is 9.73 Å². The van der Waals surface area contributed by atoms with Gasteiger partial charge in [0, 0.05) is 12.7 Å². The number of aryl methyl sites for hydroxylation is 1. The lowest BCUT2D eigenvalue weighted by atomic mass is 10.3. The van der Waals surface area contributed by atoms with Crippen molar-refractivity contribution in [2.75, 3.05) is 7.05 Å². The Balaban J connectivity index is 2.21. The molecule has 1 N–H and O–H groups in total. The van der Waals surface area contributed by atoms with Gasteiger partial charge in [-0.05, 0) is 26.1 Å². The van der Waals surface area contributed by atoms with Crippen molar-refractivity contribution in [1.82, 2.24) is 15.1 Å². The van der Waals surface area contributed by atoms with Gasteiger partial charge in [0.15, 0.2) is 0 Å². The highest BCUT2D eigenvalue weighted by Crippen LogP contribution is 2.21. The SMILES string of the molecule is CCn1cc(-c2ccc(CNC)o2)cn1. The number of nitrogens with one attached hydrogen (secondary N) is 1. The summed E-state index contributed by atoms with van der Waals surface area (Å²) >= 11 is 0. The predicted molar refractivity (Wildman–Crippen MR) is 58.4 cm³/mol. The van der Waals surface area contributed by atoms with Crippen LogP contribution in [-0.4, -0.2) is 16.8 Å². The maximum atomic E-state index is 5.65. The Bertz CT molecular complexity index is 430. The Morgan fingerprint density at radius 2 is 2.33 bits per heavy atom. The molecule has 0 atom stereocenters. The minimum atomic E-state index is 0.752. The molecule has 0 radical (unpaired) electrons. The Kier molecular flexibility index (Phi) is 2.87. The number of furan rings is 1. The van der Waals surface area contributed by atoms with E-state index in [1.165, 1.54) is 0 Å². The molecule has 0 spiro atoms. The van der Waals surface area contributed by atoms with E-state index in [1.54, 1.807) is 0 Å². The Labute approximate surface area is 88.9 Å². The fraction of sp³-hybridized carbons (Fsp3) is 0.364. The van der Waals surface area contributed by atoms with Gasteiger partial charge in [0.25, 0.3) is 0 Å². The molecule has 0 unspecified atom stereocenters. The smallest absolute Gasteiger partial charge is 0.137 e. The lowest BCUT2D eigenvalue weighted by molar-refractivity contribution is 0.507. The van der Waals surface area contributed by atoms with E-state index in [1.807, 2.05) is 36.3 Å². The van der Waals surface area contributed by atoms with E-state index in [0.717, 1.165) is 30.2 Å². The van der Waals surface area contributed by atoms with Gasteiger partial charge in [-0.15, -0.1) is 0 Å². The number of hydrogen-bond acceptors (Lipinski definition) is 3. The largest absolute Gasteiger partial charge is 0.460 e. The maximum absolute atomic E-state index is 5.65. The standard InChI is InChI=1S/C11H15N3O/c1-3-14-8-9(6-13-14)11-5-4-10(15-11)7-12-2/h4-6,8,12H,3,7H2,1-2H3. The first-order valence-electron chi connectivity index (χ1n) is 5.09. The Morgan fingerprint density at radius 3 is 3.00 bits per heavy atom. The van der Waals surface area contributed by atoms with Crippen molar-refractivity contribution in [2.24, 2.45) is 0 Å². The monoisotopic (exact) mass is 205 g/mol. The van der Waals surface area contributed by atoms with Crippen LogP contribution in [0.5, 0.6) is 0 Å². The maximum Gasteiger partial charge on any atom is 0.137 e. The molecule has 2 rings (SSSR count). The summed E-state index contributed by atoms with van der Waals surface area (Å²) in [6.45, 7) is 3.69. The van der Waals surface area contributed by atoms with Crippen molar-refractivity contribution >= 4 is 0 Å². The molecule has 2 aromatic heterocycles. The Morgan fingerprint density at radius 1 is 1.47 bits per heavy atom. The van der Waals surface area contributed by atoms with E-state index in [-0.39, 0.29) is 0 Å².